The van der Waals surface area contributed by atoms with Crippen LogP contribution in [0.4, 0.5) is 4.39 Å². The molecule has 0 saturated carbocycles. The molecule has 72 valence electrons. The number of aliphatic hydroxyl groups is 1. The summed E-state index contributed by atoms with van der Waals surface area (Å²) in [5.74, 6) is 0. The minimum Gasteiger partial charge on any atom is -0.390 e. The van der Waals surface area contributed by atoms with Crippen LogP contribution in [-0.2, 0) is 13.1 Å². The topological polar surface area (TPSA) is 20.2 Å². The first-order chi connectivity index (χ1) is 6.01. The fraction of sp³-hybridized carbons (Fsp3) is 0.455. The molecule has 0 bridgehead atoms. The Morgan fingerprint density at radius 2 is 1.62 bits per heavy atom. The average Bonchev–Trinajstić information content (AvgIpc) is 2.03. The van der Waals surface area contributed by atoms with Gasteiger partial charge in [-0.3, -0.25) is 0 Å². The van der Waals surface area contributed by atoms with E-state index in [1.54, 1.807) is 26.0 Å². The van der Waals surface area contributed by atoms with E-state index in [4.69, 9.17) is 0 Å². The molecule has 1 aromatic rings. The Balaban J connectivity index is 2.70. The first kappa shape index (κ1) is 10.2. The van der Waals surface area contributed by atoms with Crippen molar-refractivity contribution in [2.24, 2.45) is 0 Å². The van der Waals surface area contributed by atoms with E-state index in [0.717, 1.165) is 5.56 Å². The molecule has 1 aromatic carbocycles. The van der Waals surface area contributed by atoms with E-state index < -0.39 is 12.3 Å². The molecule has 0 saturated heterocycles. The molecule has 1 nitrogen and oxygen atoms in total. The smallest absolute Gasteiger partial charge is 0.115 e. The largest absolute Gasteiger partial charge is 0.390 e. The molecule has 0 aliphatic rings. The molecular formula is C11H15FO. The van der Waals surface area contributed by atoms with Crippen LogP contribution in [0.3, 0.4) is 0 Å². The summed E-state index contributed by atoms with van der Waals surface area (Å²) < 4.78 is 12.1. The molecular weight excluding hydrogens is 167 g/mol. The van der Waals surface area contributed by atoms with Crippen LogP contribution in [-0.4, -0.2) is 10.7 Å². The summed E-state index contributed by atoms with van der Waals surface area (Å²) in [6, 6.07) is 7.21. The third kappa shape index (κ3) is 3.55. The maximum Gasteiger partial charge on any atom is 0.115 e. The van der Waals surface area contributed by atoms with Crippen molar-refractivity contribution >= 4 is 0 Å². The van der Waals surface area contributed by atoms with Gasteiger partial charge in [0.1, 0.15) is 6.67 Å². The van der Waals surface area contributed by atoms with Crippen LogP contribution in [0.25, 0.3) is 0 Å². The SMILES string of the molecule is CC(C)(O)Cc1ccc(CF)cc1. The molecule has 0 radical (unpaired) electrons. The van der Waals surface area contributed by atoms with Crippen molar-refractivity contribution in [2.75, 3.05) is 0 Å². The molecule has 0 fully saturated rings. The molecule has 13 heavy (non-hydrogen) atoms. The standard InChI is InChI=1S/C11H15FO/c1-11(2,13)7-9-3-5-10(8-12)6-4-9/h3-6,13H,7-8H2,1-2H3. The Hall–Kier alpha value is -0.890. The lowest BCUT2D eigenvalue weighted by Gasteiger charge is -2.16. The van der Waals surface area contributed by atoms with E-state index in [2.05, 4.69) is 0 Å². The quantitative estimate of drug-likeness (QED) is 0.761. The summed E-state index contributed by atoms with van der Waals surface area (Å²) in [6.07, 6.45) is 0.597. The Morgan fingerprint density at radius 3 is 2.00 bits per heavy atom. The van der Waals surface area contributed by atoms with E-state index >= 15 is 0 Å². The van der Waals surface area contributed by atoms with Gasteiger partial charge in [0.2, 0.25) is 0 Å². The first-order valence-electron chi connectivity index (χ1n) is 4.37. The summed E-state index contributed by atoms with van der Waals surface area (Å²) >= 11 is 0. The highest BCUT2D eigenvalue weighted by Crippen LogP contribution is 2.13. The second kappa shape index (κ2) is 3.88. The third-order valence-corrected chi connectivity index (χ3v) is 1.81. The van der Waals surface area contributed by atoms with Gasteiger partial charge in [0.25, 0.3) is 0 Å². The van der Waals surface area contributed by atoms with Crippen LogP contribution in [0.5, 0.6) is 0 Å². The third-order valence-electron chi connectivity index (χ3n) is 1.81. The fourth-order valence-electron chi connectivity index (χ4n) is 1.25. The lowest BCUT2D eigenvalue weighted by molar-refractivity contribution is 0.0810. The van der Waals surface area contributed by atoms with Gasteiger partial charge in [-0.05, 0) is 25.0 Å². The zero-order valence-corrected chi connectivity index (χ0v) is 8.05. The molecule has 0 amide bonds. The normalized spacial score (nSPS) is 11.7. The van der Waals surface area contributed by atoms with Crippen molar-refractivity contribution in [1.29, 1.82) is 0 Å². The zero-order valence-electron chi connectivity index (χ0n) is 8.05. The second-order valence-corrected chi connectivity index (χ2v) is 3.94. The number of halogens is 1. The summed E-state index contributed by atoms with van der Waals surface area (Å²) in [5.41, 5.74) is 1.02. The van der Waals surface area contributed by atoms with Crippen LogP contribution >= 0.6 is 0 Å². The van der Waals surface area contributed by atoms with Gasteiger partial charge in [-0.2, -0.15) is 0 Å². The lowest BCUT2D eigenvalue weighted by atomic mass is 9.98. The molecule has 1 N–H and O–H groups in total. The van der Waals surface area contributed by atoms with Gasteiger partial charge >= 0.3 is 0 Å². The molecule has 1 rings (SSSR count). The zero-order chi connectivity index (χ0) is 9.90. The lowest BCUT2D eigenvalue weighted by Crippen LogP contribution is -2.21. The van der Waals surface area contributed by atoms with E-state index in [1.807, 2.05) is 12.1 Å². The van der Waals surface area contributed by atoms with Crippen LogP contribution in [0, 0.1) is 0 Å². The number of hydrogen-bond acceptors (Lipinski definition) is 1. The Morgan fingerprint density at radius 1 is 1.15 bits per heavy atom. The van der Waals surface area contributed by atoms with Crippen molar-refractivity contribution in [1.82, 2.24) is 0 Å². The molecule has 0 atom stereocenters. The van der Waals surface area contributed by atoms with Crippen molar-refractivity contribution in [3.8, 4) is 0 Å². The maximum atomic E-state index is 12.1. The van der Waals surface area contributed by atoms with Gasteiger partial charge in [0.05, 0.1) is 5.60 Å². The Kier molecular flexibility index (Phi) is 3.04. The number of hydrogen-bond donors (Lipinski definition) is 1. The maximum absolute atomic E-state index is 12.1. The van der Waals surface area contributed by atoms with E-state index in [-0.39, 0.29) is 0 Å². The van der Waals surface area contributed by atoms with Gasteiger partial charge in [-0.15, -0.1) is 0 Å². The minimum absolute atomic E-state index is 0.428. The Bertz CT molecular complexity index is 258. The molecule has 0 unspecified atom stereocenters. The van der Waals surface area contributed by atoms with Gasteiger partial charge in [0, 0.05) is 6.42 Å². The number of rotatable bonds is 3. The van der Waals surface area contributed by atoms with Crippen LogP contribution < -0.4 is 0 Å². The van der Waals surface area contributed by atoms with Crippen molar-refractivity contribution < 1.29 is 9.50 Å². The molecule has 0 aromatic heterocycles. The molecule has 0 aliphatic carbocycles. The molecule has 0 aliphatic heterocycles. The highest BCUT2D eigenvalue weighted by atomic mass is 19.1. The fourth-order valence-corrected chi connectivity index (χ4v) is 1.25. The highest BCUT2D eigenvalue weighted by molar-refractivity contribution is 5.23. The van der Waals surface area contributed by atoms with E-state index in [0.29, 0.717) is 12.0 Å². The van der Waals surface area contributed by atoms with Crippen LogP contribution in [0.15, 0.2) is 24.3 Å². The average molecular weight is 182 g/mol. The van der Waals surface area contributed by atoms with Crippen molar-refractivity contribution in [3.05, 3.63) is 35.4 Å². The Labute approximate surface area is 78.2 Å². The monoisotopic (exact) mass is 182 g/mol. The molecule has 0 spiro atoms. The van der Waals surface area contributed by atoms with Crippen molar-refractivity contribution in [3.63, 3.8) is 0 Å². The van der Waals surface area contributed by atoms with E-state index in [1.165, 1.54) is 0 Å². The predicted octanol–water partition coefficient (Wildman–Crippen LogP) is 2.47. The van der Waals surface area contributed by atoms with Gasteiger partial charge in [-0.1, -0.05) is 24.3 Å². The van der Waals surface area contributed by atoms with Gasteiger partial charge < -0.3 is 5.11 Å². The number of alkyl halides is 1. The highest BCUT2D eigenvalue weighted by Gasteiger charge is 2.12. The van der Waals surface area contributed by atoms with Gasteiger partial charge in [0.15, 0.2) is 0 Å². The summed E-state index contributed by atoms with van der Waals surface area (Å²) in [6.45, 7) is 3.09. The minimum atomic E-state index is -0.697. The predicted molar refractivity (Wildman–Crippen MR) is 51.3 cm³/mol. The van der Waals surface area contributed by atoms with Crippen molar-refractivity contribution in [2.45, 2.75) is 32.5 Å². The summed E-state index contributed by atoms with van der Waals surface area (Å²) in [4.78, 5) is 0. The summed E-state index contributed by atoms with van der Waals surface area (Å²) in [5, 5.41) is 9.52. The number of benzene rings is 1. The van der Waals surface area contributed by atoms with Gasteiger partial charge in [-0.25, -0.2) is 4.39 Å². The molecule has 0 heterocycles. The van der Waals surface area contributed by atoms with Crippen LogP contribution in [0.1, 0.15) is 25.0 Å². The summed E-state index contributed by atoms with van der Waals surface area (Å²) in [7, 11) is 0. The molecule has 2 heteroatoms. The van der Waals surface area contributed by atoms with E-state index in [9.17, 15) is 9.50 Å². The second-order valence-electron chi connectivity index (χ2n) is 3.94. The first-order valence-corrected chi connectivity index (χ1v) is 4.37. The van der Waals surface area contributed by atoms with Crippen LogP contribution in [0.2, 0.25) is 0 Å².